The summed E-state index contributed by atoms with van der Waals surface area (Å²) in [6.45, 7) is 3.61. The summed E-state index contributed by atoms with van der Waals surface area (Å²) in [6.07, 6.45) is 4.77. The number of allylic oxidation sites excluding steroid dienone is 1. The zero-order chi connectivity index (χ0) is 11.4. The summed E-state index contributed by atoms with van der Waals surface area (Å²) in [5, 5.41) is 1.01. The van der Waals surface area contributed by atoms with E-state index in [0.29, 0.717) is 6.42 Å². The van der Waals surface area contributed by atoms with Crippen LogP contribution in [0, 0.1) is 0 Å². The fourth-order valence-corrected chi connectivity index (χ4v) is 1.63. The highest BCUT2D eigenvalue weighted by atomic mass is 16.1. The average molecular weight is 211 g/mol. The molecule has 1 aromatic heterocycles. The molecule has 0 unspecified atom stereocenters. The molecule has 0 bridgehead atoms. The Balaban J connectivity index is 2.32. The van der Waals surface area contributed by atoms with E-state index in [4.69, 9.17) is 0 Å². The predicted molar refractivity (Wildman–Crippen MR) is 65.5 cm³/mol. The van der Waals surface area contributed by atoms with Gasteiger partial charge < -0.3 is 0 Å². The van der Waals surface area contributed by atoms with Gasteiger partial charge in [-0.05, 0) is 30.7 Å². The van der Waals surface area contributed by atoms with Crippen LogP contribution in [0.2, 0.25) is 0 Å². The third-order valence-corrected chi connectivity index (χ3v) is 2.50. The predicted octanol–water partition coefficient (Wildman–Crippen LogP) is 3.38. The van der Waals surface area contributed by atoms with Gasteiger partial charge in [-0.1, -0.05) is 12.1 Å². The lowest BCUT2D eigenvalue weighted by atomic mass is 10.0. The van der Waals surface area contributed by atoms with E-state index in [9.17, 15) is 4.79 Å². The number of carbonyl (C=O) groups excluding carboxylic acids is 1. The molecule has 80 valence electrons. The first-order chi connectivity index (χ1) is 7.81. The van der Waals surface area contributed by atoms with Crippen LogP contribution >= 0.6 is 0 Å². The van der Waals surface area contributed by atoms with Crippen LogP contribution in [0.25, 0.3) is 10.9 Å². The van der Waals surface area contributed by atoms with Gasteiger partial charge in [-0.3, -0.25) is 9.78 Å². The van der Waals surface area contributed by atoms with E-state index in [2.05, 4.69) is 11.6 Å². The lowest BCUT2D eigenvalue weighted by Crippen LogP contribution is -1.98. The molecule has 0 amide bonds. The van der Waals surface area contributed by atoms with Gasteiger partial charge in [0.25, 0.3) is 0 Å². The molecular weight excluding hydrogens is 198 g/mol. The number of pyridine rings is 1. The first-order valence-corrected chi connectivity index (χ1v) is 5.30. The molecule has 1 aromatic carbocycles. The molecule has 2 nitrogen and oxygen atoms in total. The summed E-state index contributed by atoms with van der Waals surface area (Å²) in [6, 6.07) is 9.46. The van der Waals surface area contributed by atoms with Crippen molar-refractivity contribution < 1.29 is 4.79 Å². The molecule has 0 spiro atoms. The lowest BCUT2D eigenvalue weighted by Gasteiger charge is -2.01. The molecule has 0 radical (unpaired) electrons. The maximum Gasteiger partial charge on any atom is 0.163 e. The molecule has 2 heteroatoms. The fourth-order valence-electron chi connectivity index (χ4n) is 1.63. The Morgan fingerprint density at radius 1 is 1.38 bits per heavy atom. The van der Waals surface area contributed by atoms with Gasteiger partial charge in [0.15, 0.2) is 5.78 Å². The first-order valence-electron chi connectivity index (χ1n) is 5.30. The van der Waals surface area contributed by atoms with E-state index in [-0.39, 0.29) is 5.78 Å². The Labute approximate surface area is 94.6 Å². The summed E-state index contributed by atoms with van der Waals surface area (Å²) >= 11 is 0. The molecule has 2 rings (SSSR count). The smallest absolute Gasteiger partial charge is 0.163 e. The minimum absolute atomic E-state index is 0.158. The van der Waals surface area contributed by atoms with Gasteiger partial charge in [0.05, 0.1) is 5.52 Å². The fraction of sp³-hybridized carbons (Fsp3) is 0.143. The number of carbonyl (C=O) groups is 1. The van der Waals surface area contributed by atoms with Gasteiger partial charge in [0, 0.05) is 23.6 Å². The van der Waals surface area contributed by atoms with Crippen molar-refractivity contribution >= 4 is 16.7 Å². The molecule has 0 aliphatic carbocycles. The topological polar surface area (TPSA) is 30.0 Å². The van der Waals surface area contributed by atoms with Crippen molar-refractivity contribution in [3.05, 3.63) is 54.7 Å². The van der Waals surface area contributed by atoms with Crippen LogP contribution in [-0.4, -0.2) is 10.8 Å². The molecule has 0 aliphatic heterocycles. The lowest BCUT2D eigenvalue weighted by molar-refractivity contribution is 0.0984. The van der Waals surface area contributed by atoms with Crippen molar-refractivity contribution in [2.75, 3.05) is 0 Å². The molecule has 16 heavy (non-hydrogen) atoms. The summed E-state index contributed by atoms with van der Waals surface area (Å²) in [7, 11) is 0. The second kappa shape index (κ2) is 4.71. The van der Waals surface area contributed by atoms with Crippen molar-refractivity contribution in [1.29, 1.82) is 0 Å². The van der Waals surface area contributed by atoms with Crippen molar-refractivity contribution in [2.45, 2.75) is 12.8 Å². The largest absolute Gasteiger partial charge is 0.294 e. The number of fused-ring (bicyclic) bond motifs is 1. The number of ketones is 1. The minimum Gasteiger partial charge on any atom is -0.294 e. The summed E-state index contributed by atoms with van der Waals surface area (Å²) in [5.41, 5.74) is 1.67. The molecular formula is C14H13NO. The highest BCUT2D eigenvalue weighted by molar-refractivity contribution is 5.99. The number of benzene rings is 1. The van der Waals surface area contributed by atoms with E-state index in [0.717, 1.165) is 22.9 Å². The molecule has 0 saturated carbocycles. The number of aromatic nitrogens is 1. The number of rotatable bonds is 4. The van der Waals surface area contributed by atoms with Gasteiger partial charge in [-0.25, -0.2) is 0 Å². The molecule has 2 aromatic rings. The van der Waals surface area contributed by atoms with E-state index >= 15 is 0 Å². The molecule has 0 atom stereocenters. The van der Waals surface area contributed by atoms with E-state index < -0.39 is 0 Å². The number of hydrogen-bond acceptors (Lipinski definition) is 2. The second-order valence-electron chi connectivity index (χ2n) is 3.66. The Kier molecular flexibility index (Phi) is 3.10. The monoisotopic (exact) mass is 211 g/mol. The summed E-state index contributed by atoms with van der Waals surface area (Å²) in [5.74, 6) is 0.158. The Bertz CT molecular complexity index is 531. The van der Waals surface area contributed by atoms with E-state index in [1.54, 1.807) is 12.3 Å². The summed E-state index contributed by atoms with van der Waals surface area (Å²) in [4.78, 5) is 16.0. The van der Waals surface area contributed by atoms with E-state index in [1.807, 2.05) is 30.3 Å². The van der Waals surface area contributed by atoms with Crippen molar-refractivity contribution in [3.63, 3.8) is 0 Å². The maximum atomic E-state index is 11.8. The molecule has 0 aliphatic rings. The third kappa shape index (κ3) is 2.16. The molecule has 0 fully saturated rings. The zero-order valence-corrected chi connectivity index (χ0v) is 9.02. The van der Waals surface area contributed by atoms with Gasteiger partial charge in [0.1, 0.15) is 0 Å². The third-order valence-electron chi connectivity index (χ3n) is 2.50. The van der Waals surface area contributed by atoms with Crippen LogP contribution in [0.1, 0.15) is 23.2 Å². The molecule has 0 N–H and O–H groups in total. The highest BCUT2D eigenvalue weighted by Gasteiger charge is 2.05. The van der Waals surface area contributed by atoms with Crippen LogP contribution in [0.4, 0.5) is 0 Å². The van der Waals surface area contributed by atoms with Gasteiger partial charge in [-0.2, -0.15) is 0 Å². The molecule has 1 heterocycles. The van der Waals surface area contributed by atoms with Crippen molar-refractivity contribution in [3.8, 4) is 0 Å². The van der Waals surface area contributed by atoms with Crippen LogP contribution in [-0.2, 0) is 0 Å². The maximum absolute atomic E-state index is 11.8. The van der Waals surface area contributed by atoms with Crippen LogP contribution in [0.5, 0.6) is 0 Å². The van der Waals surface area contributed by atoms with Gasteiger partial charge >= 0.3 is 0 Å². The number of Topliss-reactive ketones (excluding diaryl/α,β-unsaturated/α-hetero) is 1. The van der Waals surface area contributed by atoms with Gasteiger partial charge in [-0.15, -0.1) is 6.58 Å². The van der Waals surface area contributed by atoms with Crippen LogP contribution in [0.15, 0.2) is 49.2 Å². The standard InChI is InChI=1S/C14H13NO/c1-2-3-6-14(16)12-7-8-13-11(10-12)5-4-9-15-13/h2,4-5,7-10H,1,3,6H2. The van der Waals surface area contributed by atoms with Crippen molar-refractivity contribution in [2.24, 2.45) is 0 Å². The average Bonchev–Trinajstić information content (AvgIpc) is 2.35. The quantitative estimate of drug-likeness (QED) is 0.573. The minimum atomic E-state index is 0.158. The zero-order valence-electron chi connectivity index (χ0n) is 9.02. The highest BCUT2D eigenvalue weighted by Crippen LogP contribution is 2.15. The van der Waals surface area contributed by atoms with Gasteiger partial charge in [0.2, 0.25) is 0 Å². The second-order valence-corrected chi connectivity index (χ2v) is 3.66. The Hall–Kier alpha value is -1.96. The Morgan fingerprint density at radius 3 is 3.06 bits per heavy atom. The normalized spacial score (nSPS) is 10.2. The first kappa shape index (κ1) is 10.6. The molecule has 0 saturated heterocycles. The summed E-state index contributed by atoms with van der Waals surface area (Å²) < 4.78 is 0. The SMILES string of the molecule is C=CCCC(=O)c1ccc2ncccc2c1. The van der Waals surface area contributed by atoms with Crippen molar-refractivity contribution in [1.82, 2.24) is 4.98 Å². The number of nitrogens with zero attached hydrogens (tertiary/aromatic N) is 1. The van der Waals surface area contributed by atoms with Crippen LogP contribution < -0.4 is 0 Å². The number of hydrogen-bond donors (Lipinski definition) is 0. The van der Waals surface area contributed by atoms with Crippen LogP contribution in [0.3, 0.4) is 0 Å². The Morgan fingerprint density at radius 2 is 2.25 bits per heavy atom. The van der Waals surface area contributed by atoms with E-state index in [1.165, 1.54) is 0 Å².